The molecule has 0 atom stereocenters. The van der Waals surface area contributed by atoms with Crippen molar-refractivity contribution in [3.8, 4) is 11.1 Å². The first kappa shape index (κ1) is 12.3. The minimum absolute atomic E-state index is 0.181. The van der Waals surface area contributed by atoms with Crippen LogP contribution in [0.2, 0.25) is 0 Å². The average Bonchev–Trinajstić information content (AvgIpc) is 2.98. The number of aryl methyl sites for hydroxylation is 1. The summed E-state index contributed by atoms with van der Waals surface area (Å²) in [5.74, 6) is 0.773. The number of nitrogens with two attached hydrogens (primary N) is 1. The van der Waals surface area contributed by atoms with Gasteiger partial charge in [0.25, 0.3) is 0 Å². The van der Waals surface area contributed by atoms with Crippen LogP contribution in [0, 0.1) is 0 Å². The molecule has 0 spiro atoms. The lowest BCUT2D eigenvalue weighted by molar-refractivity contribution is 0.469. The molecule has 1 aromatic heterocycles. The van der Waals surface area contributed by atoms with Gasteiger partial charge in [-0.05, 0) is 18.4 Å². The number of hydrogen-bond donors (Lipinski definition) is 1. The van der Waals surface area contributed by atoms with Crippen LogP contribution in [0.3, 0.4) is 0 Å². The van der Waals surface area contributed by atoms with Gasteiger partial charge < -0.3 is 5.73 Å². The van der Waals surface area contributed by atoms with Crippen LogP contribution in [0.5, 0.6) is 0 Å². The van der Waals surface area contributed by atoms with Crippen LogP contribution < -0.4 is 5.73 Å². The van der Waals surface area contributed by atoms with Gasteiger partial charge in [0.15, 0.2) is 0 Å². The van der Waals surface area contributed by atoms with Crippen LogP contribution in [-0.4, -0.2) is 9.78 Å². The standard InChI is InChI=1S/C16H21N3/c1-16(10-6-7-11-16)14-13(15(17)19(2)18-14)12-8-4-3-5-9-12/h3-5,8-9H,6-7,10-11,17H2,1-2H3. The van der Waals surface area contributed by atoms with Crippen LogP contribution in [-0.2, 0) is 12.5 Å². The van der Waals surface area contributed by atoms with E-state index in [4.69, 9.17) is 10.8 Å². The first-order valence-electron chi connectivity index (χ1n) is 7.00. The monoisotopic (exact) mass is 255 g/mol. The van der Waals surface area contributed by atoms with E-state index in [1.165, 1.54) is 36.9 Å². The normalized spacial score (nSPS) is 17.8. The fraction of sp³-hybridized carbons (Fsp3) is 0.438. The highest BCUT2D eigenvalue weighted by Crippen LogP contribution is 2.45. The topological polar surface area (TPSA) is 43.8 Å². The Bertz CT molecular complexity index is 578. The third-order valence-electron chi connectivity index (χ3n) is 4.43. The molecule has 1 aliphatic rings. The molecule has 2 aromatic rings. The highest BCUT2D eigenvalue weighted by molar-refractivity contribution is 5.77. The van der Waals surface area contributed by atoms with E-state index in [0.717, 1.165) is 11.4 Å². The molecule has 0 radical (unpaired) electrons. The minimum Gasteiger partial charge on any atom is -0.383 e. The molecule has 1 aliphatic carbocycles. The summed E-state index contributed by atoms with van der Waals surface area (Å²) in [6.07, 6.45) is 5.01. The van der Waals surface area contributed by atoms with Crippen molar-refractivity contribution in [1.82, 2.24) is 9.78 Å². The summed E-state index contributed by atoms with van der Waals surface area (Å²) in [6.45, 7) is 2.33. The molecular weight excluding hydrogens is 234 g/mol. The molecule has 1 heterocycles. The molecule has 0 saturated heterocycles. The van der Waals surface area contributed by atoms with Gasteiger partial charge in [-0.25, -0.2) is 0 Å². The zero-order chi connectivity index (χ0) is 13.5. The molecule has 3 rings (SSSR count). The van der Waals surface area contributed by atoms with Crippen molar-refractivity contribution in [2.24, 2.45) is 7.05 Å². The second-order valence-corrected chi connectivity index (χ2v) is 5.87. The van der Waals surface area contributed by atoms with Gasteiger partial charge >= 0.3 is 0 Å². The lowest BCUT2D eigenvalue weighted by Crippen LogP contribution is -2.18. The molecule has 3 heteroatoms. The average molecular weight is 255 g/mol. The van der Waals surface area contributed by atoms with Crippen LogP contribution in [0.25, 0.3) is 11.1 Å². The summed E-state index contributed by atoms with van der Waals surface area (Å²) in [4.78, 5) is 0. The number of benzene rings is 1. The molecule has 3 nitrogen and oxygen atoms in total. The molecule has 0 amide bonds. The maximum atomic E-state index is 6.26. The Morgan fingerprint density at radius 1 is 1.16 bits per heavy atom. The molecule has 2 N–H and O–H groups in total. The molecule has 1 fully saturated rings. The fourth-order valence-corrected chi connectivity index (χ4v) is 3.24. The Kier molecular flexibility index (Phi) is 2.85. The van der Waals surface area contributed by atoms with E-state index in [1.807, 2.05) is 17.8 Å². The molecular formula is C16H21N3. The predicted octanol–water partition coefficient (Wildman–Crippen LogP) is 3.50. The third kappa shape index (κ3) is 1.93. The van der Waals surface area contributed by atoms with Gasteiger partial charge in [-0.2, -0.15) is 5.10 Å². The Balaban J connectivity index is 2.18. The Morgan fingerprint density at radius 3 is 2.42 bits per heavy atom. The Labute approximate surface area is 114 Å². The quantitative estimate of drug-likeness (QED) is 0.892. The van der Waals surface area contributed by atoms with E-state index in [9.17, 15) is 0 Å². The van der Waals surface area contributed by atoms with Gasteiger partial charge in [0, 0.05) is 18.0 Å². The van der Waals surface area contributed by atoms with Crippen molar-refractivity contribution in [3.63, 3.8) is 0 Å². The SMILES string of the molecule is Cn1nc(C2(C)CCCC2)c(-c2ccccc2)c1N. The lowest BCUT2D eigenvalue weighted by Gasteiger charge is -2.22. The zero-order valence-corrected chi connectivity index (χ0v) is 11.7. The van der Waals surface area contributed by atoms with Crippen LogP contribution in [0.15, 0.2) is 30.3 Å². The highest BCUT2D eigenvalue weighted by atomic mass is 15.3. The number of hydrogen-bond acceptors (Lipinski definition) is 2. The van der Waals surface area contributed by atoms with Gasteiger partial charge in [0.1, 0.15) is 5.82 Å². The summed E-state index contributed by atoms with van der Waals surface area (Å²) >= 11 is 0. The summed E-state index contributed by atoms with van der Waals surface area (Å²) in [5, 5.41) is 4.73. The number of nitrogens with zero attached hydrogens (tertiary/aromatic N) is 2. The minimum atomic E-state index is 0.181. The van der Waals surface area contributed by atoms with Crippen LogP contribution >= 0.6 is 0 Å². The van der Waals surface area contributed by atoms with Crippen LogP contribution in [0.4, 0.5) is 5.82 Å². The van der Waals surface area contributed by atoms with Crippen molar-refractivity contribution < 1.29 is 0 Å². The largest absolute Gasteiger partial charge is 0.383 e. The van der Waals surface area contributed by atoms with Crippen molar-refractivity contribution in [3.05, 3.63) is 36.0 Å². The Hall–Kier alpha value is -1.77. The highest BCUT2D eigenvalue weighted by Gasteiger charge is 2.36. The van der Waals surface area contributed by atoms with E-state index >= 15 is 0 Å². The summed E-state index contributed by atoms with van der Waals surface area (Å²) in [6, 6.07) is 10.4. The third-order valence-corrected chi connectivity index (χ3v) is 4.43. The van der Waals surface area contributed by atoms with Crippen molar-refractivity contribution >= 4 is 5.82 Å². The van der Waals surface area contributed by atoms with Gasteiger partial charge in [-0.15, -0.1) is 0 Å². The van der Waals surface area contributed by atoms with E-state index in [1.54, 1.807) is 0 Å². The molecule has 100 valence electrons. The fourth-order valence-electron chi connectivity index (χ4n) is 3.24. The summed E-state index contributed by atoms with van der Waals surface area (Å²) in [5.41, 5.74) is 9.93. The molecule has 0 bridgehead atoms. The Morgan fingerprint density at radius 2 is 1.79 bits per heavy atom. The first-order chi connectivity index (χ1) is 9.12. The molecule has 1 saturated carbocycles. The smallest absolute Gasteiger partial charge is 0.129 e. The predicted molar refractivity (Wildman–Crippen MR) is 78.9 cm³/mol. The maximum Gasteiger partial charge on any atom is 0.129 e. The maximum absolute atomic E-state index is 6.26. The van der Waals surface area contributed by atoms with Crippen molar-refractivity contribution in [2.45, 2.75) is 38.0 Å². The lowest BCUT2D eigenvalue weighted by atomic mass is 9.81. The number of aromatic nitrogens is 2. The molecule has 0 aliphatic heterocycles. The first-order valence-corrected chi connectivity index (χ1v) is 7.00. The second kappa shape index (κ2) is 4.41. The number of rotatable bonds is 2. The van der Waals surface area contributed by atoms with Gasteiger partial charge in [0.2, 0.25) is 0 Å². The number of nitrogen functional groups attached to an aromatic ring is 1. The van der Waals surface area contributed by atoms with Gasteiger partial charge in [-0.1, -0.05) is 50.1 Å². The van der Waals surface area contributed by atoms with E-state index in [2.05, 4.69) is 31.2 Å². The molecule has 19 heavy (non-hydrogen) atoms. The van der Waals surface area contributed by atoms with Crippen LogP contribution in [0.1, 0.15) is 38.3 Å². The second-order valence-electron chi connectivity index (χ2n) is 5.87. The van der Waals surface area contributed by atoms with Gasteiger partial charge in [-0.3, -0.25) is 4.68 Å². The van der Waals surface area contributed by atoms with E-state index < -0.39 is 0 Å². The number of anilines is 1. The van der Waals surface area contributed by atoms with E-state index in [-0.39, 0.29) is 5.41 Å². The molecule has 0 unspecified atom stereocenters. The van der Waals surface area contributed by atoms with Crippen molar-refractivity contribution in [2.75, 3.05) is 5.73 Å². The van der Waals surface area contributed by atoms with Gasteiger partial charge in [0.05, 0.1) is 5.69 Å². The summed E-state index contributed by atoms with van der Waals surface area (Å²) in [7, 11) is 1.93. The summed E-state index contributed by atoms with van der Waals surface area (Å²) < 4.78 is 1.82. The molecule has 1 aromatic carbocycles. The van der Waals surface area contributed by atoms with Crippen molar-refractivity contribution in [1.29, 1.82) is 0 Å². The zero-order valence-electron chi connectivity index (χ0n) is 11.7. The van der Waals surface area contributed by atoms with E-state index in [0.29, 0.717) is 0 Å².